The lowest BCUT2D eigenvalue weighted by Crippen LogP contribution is -2.36. The quantitative estimate of drug-likeness (QED) is 0.492. The highest BCUT2D eigenvalue weighted by Crippen LogP contribution is 2.16. The third-order valence-electron chi connectivity index (χ3n) is 2.48. The molecule has 0 aromatic carbocycles. The van der Waals surface area contributed by atoms with E-state index in [0.717, 1.165) is 0 Å². The first-order valence-corrected chi connectivity index (χ1v) is 6.44. The molecular formula is C12H22F3NO3. The number of nitrogens with zero attached hydrogens (tertiary/aromatic N) is 1. The third-order valence-corrected chi connectivity index (χ3v) is 2.48. The first-order valence-electron chi connectivity index (χ1n) is 6.44. The second kappa shape index (κ2) is 10.0. The van der Waals surface area contributed by atoms with Crippen LogP contribution in [0.3, 0.4) is 0 Å². The zero-order valence-corrected chi connectivity index (χ0v) is 11.2. The minimum Gasteiger partial charge on any atom is -0.466 e. The molecule has 7 heteroatoms. The van der Waals surface area contributed by atoms with Gasteiger partial charge in [-0.25, -0.2) is 0 Å². The minimum absolute atomic E-state index is 0.0113. The Morgan fingerprint density at radius 3 is 2.42 bits per heavy atom. The number of aliphatic hydroxyl groups excluding tert-OH is 1. The Kier molecular flexibility index (Phi) is 9.59. The average molecular weight is 285 g/mol. The average Bonchev–Trinajstić information content (AvgIpc) is 2.27. The summed E-state index contributed by atoms with van der Waals surface area (Å²) in [4.78, 5) is 12.2. The Morgan fingerprint density at radius 1 is 1.21 bits per heavy atom. The van der Waals surface area contributed by atoms with Gasteiger partial charge < -0.3 is 9.84 Å². The lowest BCUT2D eigenvalue weighted by Gasteiger charge is -2.22. The van der Waals surface area contributed by atoms with Gasteiger partial charge in [0.1, 0.15) is 0 Å². The Hall–Kier alpha value is -0.820. The second-order valence-corrected chi connectivity index (χ2v) is 4.23. The van der Waals surface area contributed by atoms with Crippen LogP contribution in [0, 0.1) is 0 Å². The van der Waals surface area contributed by atoms with Gasteiger partial charge in [-0.15, -0.1) is 0 Å². The molecule has 0 aromatic rings. The van der Waals surface area contributed by atoms with Crippen LogP contribution in [0.1, 0.15) is 32.6 Å². The van der Waals surface area contributed by atoms with Crippen molar-refractivity contribution < 1.29 is 27.8 Å². The van der Waals surface area contributed by atoms with Gasteiger partial charge in [0, 0.05) is 13.0 Å². The van der Waals surface area contributed by atoms with Crippen molar-refractivity contribution >= 4 is 5.97 Å². The van der Waals surface area contributed by atoms with Gasteiger partial charge in [0.2, 0.25) is 0 Å². The maximum Gasteiger partial charge on any atom is 0.401 e. The number of unbranched alkanes of at least 4 members (excludes halogenated alkanes) is 2. The Balaban J connectivity index is 3.72. The summed E-state index contributed by atoms with van der Waals surface area (Å²) in [6, 6.07) is 0. The Morgan fingerprint density at radius 2 is 1.89 bits per heavy atom. The summed E-state index contributed by atoms with van der Waals surface area (Å²) in [6.45, 7) is 1.04. The summed E-state index contributed by atoms with van der Waals surface area (Å²) in [5, 5.41) is 8.70. The van der Waals surface area contributed by atoms with Crippen molar-refractivity contribution in [1.29, 1.82) is 0 Å². The van der Waals surface area contributed by atoms with Crippen LogP contribution in [0.25, 0.3) is 0 Å². The fraction of sp³-hybridized carbons (Fsp3) is 0.917. The number of esters is 1. The summed E-state index contributed by atoms with van der Waals surface area (Å²) >= 11 is 0. The number of carbonyl (C=O) groups is 1. The van der Waals surface area contributed by atoms with Crippen molar-refractivity contribution in [3.05, 3.63) is 0 Å². The predicted molar refractivity (Wildman–Crippen MR) is 64.7 cm³/mol. The summed E-state index contributed by atoms with van der Waals surface area (Å²) in [6.07, 6.45) is -2.11. The monoisotopic (exact) mass is 285 g/mol. The van der Waals surface area contributed by atoms with Gasteiger partial charge in [0.25, 0.3) is 0 Å². The van der Waals surface area contributed by atoms with Gasteiger partial charge in [-0.1, -0.05) is 6.42 Å². The topological polar surface area (TPSA) is 49.8 Å². The summed E-state index contributed by atoms with van der Waals surface area (Å²) in [7, 11) is 0. The van der Waals surface area contributed by atoms with Gasteiger partial charge in [0.15, 0.2) is 0 Å². The highest BCUT2D eigenvalue weighted by Gasteiger charge is 2.30. The van der Waals surface area contributed by atoms with E-state index in [1.165, 1.54) is 4.90 Å². The van der Waals surface area contributed by atoms with Crippen LogP contribution in [0.2, 0.25) is 0 Å². The highest BCUT2D eigenvalue weighted by molar-refractivity contribution is 5.69. The van der Waals surface area contributed by atoms with Crippen molar-refractivity contribution in [2.24, 2.45) is 0 Å². The number of carbonyl (C=O) groups excluding carboxylic acids is 1. The van der Waals surface area contributed by atoms with E-state index in [1.807, 2.05) is 0 Å². The van der Waals surface area contributed by atoms with Gasteiger partial charge in [-0.3, -0.25) is 9.69 Å². The van der Waals surface area contributed by atoms with Crippen LogP contribution < -0.4 is 0 Å². The number of aliphatic hydroxyl groups is 1. The molecule has 0 spiro atoms. The van der Waals surface area contributed by atoms with E-state index in [1.54, 1.807) is 6.92 Å². The van der Waals surface area contributed by atoms with E-state index in [-0.39, 0.29) is 25.7 Å². The molecule has 0 rings (SSSR count). The van der Waals surface area contributed by atoms with Crippen LogP contribution in [0.4, 0.5) is 13.2 Å². The summed E-state index contributed by atoms with van der Waals surface area (Å²) < 4.78 is 41.4. The normalized spacial score (nSPS) is 11.9. The maximum absolute atomic E-state index is 12.2. The summed E-state index contributed by atoms with van der Waals surface area (Å²) in [5.41, 5.74) is 0. The minimum atomic E-state index is -4.25. The van der Waals surface area contributed by atoms with Crippen LogP contribution in [0.15, 0.2) is 0 Å². The van der Waals surface area contributed by atoms with Crippen molar-refractivity contribution in [1.82, 2.24) is 4.90 Å². The number of hydrogen-bond acceptors (Lipinski definition) is 4. The van der Waals surface area contributed by atoms with E-state index in [0.29, 0.717) is 32.3 Å². The molecule has 1 N–H and O–H groups in total. The first-order chi connectivity index (χ1) is 8.89. The molecule has 0 saturated heterocycles. The molecular weight excluding hydrogens is 263 g/mol. The van der Waals surface area contributed by atoms with Gasteiger partial charge >= 0.3 is 12.1 Å². The first kappa shape index (κ1) is 18.2. The molecule has 0 bridgehead atoms. The number of ether oxygens (including phenoxy) is 1. The summed E-state index contributed by atoms with van der Waals surface area (Å²) in [5.74, 6) is -0.273. The van der Waals surface area contributed by atoms with E-state index in [2.05, 4.69) is 0 Å². The van der Waals surface area contributed by atoms with E-state index >= 15 is 0 Å². The molecule has 0 radical (unpaired) electrons. The van der Waals surface area contributed by atoms with Crippen molar-refractivity contribution in [3.8, 4) is 0 Å². The van der Waals surface area contributed by atoms with E-state index < -0.39 is 12.7 Å². The second-order valence-electron chi connectivity index (χ2n) is 4.23. The van der Waals surface area contributed by atoms with Gasteiger partial charge in [-0.05, 0) is 26.3 Å². The molecule has 0 fully saturated rings. The predicted octanol–water partition coefficient (Wildman–Crippen LogP) is 1.97. The highest BCUT2D eigenvalue weighted by atomic mass is 19.4. The molecule has 4 nitrogen and oxygen atoms in total. The number of halogens is 3. The third kappa shape index (κ3) is 12.0. The SMILES string of the molecule is CCOC(=O)CCCCCN(CCO)CC(F)(F)F. The number of rotatable bonds is 10. The Labute approximate surface area is 111 Å². The fourth-order valence-electron chi connectivity index (χ4n) is 1.68. The molecule has 0 aliphatic carbocycles. The molecule has 0 heterocycles. The molecule has 0 saturated carbocycles. The number of hydrogen-bond donors (Lipinski definition) is 1. The maximum atomic E-state index is 12.2. The van der Waals surface area contributed by atoms with E-state index in [9.17, 15) is 18.0 Å². The molecule has 114 valence electrons. The molecule has 0 aromatic heterocycles. The molecule has 0 aliphatic rings. The Bertz CT molecular complexity index is 247. The van der Waals surface area contributed by atoms with Crippen LogP contribution >= 0.6 is 0 Å². The molecule has 0 unspecified atom stereocenters. The van der Waals surface area contributed by atoms with Crippen molar-refractivity contribution in [2.75, 3.05) is 32.8 Å². The molecule has 0 atom stereocenters. The lowest BCUT2D eigenvalue weighted by atomic mass is 10.2. The fourth-order valence-corrected chi connectivity index (χ4v) is 1.68. The molecule has 0 amide bonds. The lowest BCUT2D eigenvalue weighted by molar-refractivity contribution is -0.146. The number of alkyl halides is 3. The van der Waals surface area contributed by atoms with Crippen LogP contribution in [-0.2, 0) is 9.53 Å². The zero-order chi connectivity index (χ0) is 14.7. The van der Waals surface area contributed by atoms with E-state index in [4.69, 9.17) is 9.84 Å². The van der Waals surface area contributed by atoms with Crippen molar-refractivity contribution in [2.45, 2.75) is 38.8 Å². The standard InChI is InChI=1S/C12H22F3NO3/c1-2-19-11(18)6-4-3-5-7-16(8-9-17)10-12(13,14)15/h17H,2-10H2,1H3. The van der Waals surface area contributed by atoms with Crippen molar-refractivity contribution in [3.63, 3.8) is 0 Å². The van der Waals surface area contributed by atoms with Crippen LogP contribution in [-0.4, -0.2) is 55.0 Å². The largest absolute Gasteiger partial charge is 0.466 e. The van der Waals surface area contributed by atoms with Crippen LogP contribution in [0.5, 0.6) is 0 Å². The molecule has 19 heavy (non-hydrogen) atoms. The zero-order valence-electron chi connectivity index (χ0n) is 11.2. The van der Waals surface area contributed by atoms with Gasteiger partial charge in [-0.2, -0.15) is 13.2 Å². The smallest absolute Gasteiger partial charge is 0.401 e. The van der Waals surface area contributed by atoms with Gasteiger partial charge in [0.05, 0.1) is 19.8 Å². The molecule has 0 aliphatic heterocycles.